The molecule has 1 aliphatic heterocycles. The summed E-state index contributed by atoms with van der Waals surface area (Å²) in [5.41, 5.74) is 0.687. The second kappa shape index (κ2) is 7.61. The third-order valence-electron chi connectivity index (χ3n) is 4.05. The highest BCUT2D eigenvalue weighted by atomic mass is 19.4. The summed E-state index contributed by atoms with van der Waals surface area (Å²) < 4.78 is 43.5. The molecule has 0 atom stereocenters. The molecule has 3 heterocycles. The Morgan fingerprint density at radius 3 is 2.67 bits per heavy atom. The van der Waals surface area contributed by atoms with E-state index in [1.807, 2.05) is 12.1 Å². The topological polar surface area (TPSA) is 55.3 Å². The van der Waals surface area contributed by atoms with Crippen LogP contribution in [0.15, 0.2) is 55.4 Å². The van der Waals surface area contributed by atoms with E-state index < -0.39 is 11.9 Å². The highest BCUT2D eigenvalue weighted by molar-refractivity contribution is 5.88. The van der Waals surface area contributed by atoms with E-state index in [1.54, 1.807) is 11.0 Å². The molecule has 5 nitrogen and oxygen atoms in total. The fourth-order valence-electron chi connectivity index (χ4n) is 2.68. The third kappa shape index (κ3) is 4.33. The van der Waals surface area contributed by atoms with Crippen molar-refractivity contribution in [3.05, 3.63) is 66.6 Å². The van der Waals surface area contributed by atoms with Gasteiger partial charge in [0.05, 0.1) is 6.20 Å². The van der Waals surface area contributed by atoms with E-state index in [4.69, 9.17) is 4.74 Å². The summed E-state index contributed by atoms with van der Waals surface area (Å²) in [6.45, 7) is 4.45. The van der Waals surface area contributed by atoms with Gasteiger partial charge < -0.3 is 9.64 Å². The average molecular weight is 375 g/mol. The highest BCUT2D eigenvalue weighted by Gasteiger charge is 2.32. The van der Waals surface area contributed by atoms with Crippen molar-refractivity contribution in [1.82, 2.24) is 14.9 Å². The number of rotatable bonds is 4. The Hall–Kier alpha value is -3.16. The number of nitrogens with zero attached hydrogens (tertiary/aromatic N) is 3. The van der Waals surface area contributed by atoms with Crippen molar-refractivity contribution < 1.29 is 22.7 Å². The molecule has 1 aliphatic rings. The molecule has 0 saturated carbocycles. The summed E-state index contributed by atoms with van der Waals surface area (Å²) in [6, 6.07) is 5.62. The van der Waals surface area contributed by atoms with Crippen LogP contribution in [0.1, 0.15) is 17.7 Å². The third-order valence-corrected chi connectivity index (χ3v) is 4.05. The number of ether oxygens (including phenoxy) is 1. The maximum atomic E-state index is 12.6. The minimum absolute atomic E-state index is 0.135. The van der Waals surface area contributed by atoms with Crippen LogP contribution in [0.4, 0.5) is 13.2 Å². The van der Waals surface area contributed by atoms with Gasteiger partial charge in [0.15, 0.2) is 0 Å². The van der Waals surface area contributed by atoms with E-state index in [2.05, 4.69) is 16.5 Å². The normalized spacial score (nSPS) is 14.5. The highest BCUT2D eigenvalue weighted by Crippen LogP contribution is 2.33. The molecule has 140 valence electrons. The van der Waals surface area contributed by atoms with Crippen molar-refractivity contribution in [3.63, 3.8) is 0 Å². The predicted molar refractivity (Wildman–Crippen MR) is 92.9 cm³/mol. The number of pyridine rings is 2. The molecule has 0 spiro atoms. The first-order valence-corrected chi connectivity index (χ1v) is 8.15. The van der Waals surface area contributed by atoms with Gasteiger partial charge >= 0.3 is 6.18 Å². The van der Waals surface area contributed by atoms with E-state index in [0.29, 0.717) is 19.5 Å². The molecule has 0 bridgehead atoms. The SMILES string of the molecule is C=CC(=O)N1CC=C(c2cccnc2Oc2ccc(C(F)(F)F)nc2)CC1. The van der Waals surface area contributed by atoms with Gasteiger partial charge in [-0.25, -0.2) is 9.97 Å². The first-order chi connectivity index (χ1) is 12.9. The molecule has 0 N–H and O–H groups in total. The number of hydrogen-bond acceptors (Lipinski definition) is 4. The lowest BCUT2D eigenvalue weighted by molar-refractivity contribution is -0.141. The van der Waals surface area contributed by atoms with Gasteiger partial charge in [-0.2, -0.15) is 13.2 Å². The van der Waals surface area contributed by atoms with Crippen molar-refractivity contribution in [2.45, 2.75) is 12.6 Å². The summed E-state index contributed by atoms with van der Waals surface area (Å²) in [5, 5.41) is 0. The van der Waals surface area contributed by atoms with Crippen molar-refractivity contribution in [2.75, 3.05) is 13.1 Å². The van der Waals surface area contributed by atoms with Crippen molar-refractivity contribution in [3.8, 4) is 11.6 Å². The molecule has 1 amide bonds. The summed E-state index contributed by atoms with van der Waals surface area (Å²) >= 11 is 0. The summed E-state index contributed by atoms with van der Waals surface area (Å²) in [4.78, 5) is 20.9. The van der Waals surface area contributed by atoms with Gasteiger partial charge in [-0.3, -0.25) is 4.79 Å². The smallest absolute Gasteiger partial charge is 0.433 e. The first kappa shape index (κ1) is 18.6. The molecule has 2 aromatic rings. The van der Waals surface area contributed by atoms with Crippen LogP contribution >= 0.6 is 0 Å². The van der Waals surface area contributed by atoms with Gasteiger partial charge in [0.25, 0.3) is 0 Å². The van der Waals surface area contributed by atoms with Crippen LogP contribution in [-0.4, -0.2) is 33.9 Å². The zero-order valence-corrected chi connectivity index (χ0v) is 14.2. The van der Waals surface area contributed by atoms with E-state index in [0.717, 1.165) is 23.4 Å². The number of alkyl halides is 3. The Labute approximate surface area is 153 Å². The molecule has 0 saturated heterocycles. The van der Waals surface area contributed by atoms with Crippen LogP contribution < -0.4 is 4.74 Å². The van der Waals surface area contributed by atoms with E-state index in [-0.39, 0.29) is 17.5 Å². The molecular formula is C19H16F3N3O2. The fourth-order valence-corrected chi connectivity index (χ4v) is 2.68. The minimum atomic E-state index is -4.50. The number of carbonyl (C=O) groups excluding carboxylic acids is 1. The largest absolute Gasteiger partial charge is 0.437 e. The van der Waals surface area contributed by atoms with Gasteiger partial charge in [0, 0.05) is 24.8 Å². The Morgan fingerprint density at radius 2 is 2.07 bits per heavy atom. The molecule has 0 aromatic carbocycles. The summed E-state index contributed by atoms with van der Waals surface area (Å²) in [5.74, 6) is 0.292. The zero-order chi connectivity index (χ0) is 19.4. The minimum Gasteiger partial charge on any atom is -0.437 e. The van der Waals surface area contributed by atoms with Gasteiger partial charge in [0.2, 0.25) is 11.8 Å². The van der Waals surface area contributed by atoms with Gasteiger partial charge in [-0.05, 0) is 42.3 Å². The summed E-state index contributed by atoms with van der Waals surface area (Å²) in [7, 11) is 0. The maximum Gasteiger partial charge on any atom is 0.433 e. The lowest BCUT2D eigenvalue weighted by atomic mass is 10.0. The Balaban J connectivity index is 1.80. The van der Waals surface area contributed by atoms with Crippen molar-refractivity contribution in [1.29, 1.82) is 0 Å². The van der Waals surface area contributed by atoms with E-state index in [1.165, 1.54) is 18.3 Å². The molecule has 27 heavy (non-hydrogen) atoms. The van der Waals surface area contributed by atoms with Crippen molar-refractivity contribution >= 4 is 11.5 Å². The number of carbonyl (C=O) groups is 1. The zero-order valence-electron chi connectivity index (χ0n) is 14.2. The number of hydrogen-bond donors (Lipinski definition) is 0. The molecule has 0 aliphatic carbocycles. The molecule has 0 fully saturated rings. The standard InChI is InChI=1S/C19H16F3N3O2/c1-2-17(26)25-10-7-13(8-11-25)15-4-3-9-23-18(15)27-14-5-6-16(24-12-14)19(20,21)22/h2-7,9,12H,1,8,10-11H2. The lowest BCUT2D eigenvalue weighted by Gasteiger charge is -2.26. The van der Waals surface area contributed by atoms with Crippen LogP contribution in [0, 0.1) is 0 Å². The van der Waals surface area contributed by atoms with Gasteiger partial charge in [-0.1, -0.05) is 12.7 Å². The molecule has 0 unspecified atom stereocenters. The van der Waals surface area contributed by atoms with Crippen LogP contribution in [0.5, 0.6) is 11.6 Å². The molecule has 3 rings (SSSR count). The van der Waals surface area contributed by atoms with E-state index in [9.17, 15) is 18.0 Å². The van der Waals surface area contributed by atoms with Gasteiger partial charge in [0.1, 0.15) is 11.4 Å². The van der Waals surface area contributed by atoms with Crippen LogP contribution in [0.3, 0.4) is 0 Å². The predicted octanol–water partition coefficient (Wildman–Crippen LogP) is 4.09. The van der Waals surface area contributed by atoms with Crippen LogP contribution in [0.2, 0.25) is 0 Å². The lowest BCUT2D eigenvalue weighted by Crippen LogP contribution is -2.33. The second-order valence-corrected chi connectivity index (χ2v) is 5.80. The molecule has 8 heteroatoms. The summed E-state index contributed by atoms with van der Waals surface area (Å²) in [6.07, 6.45) is 1.83. The quantitative estimate of drug-likeness (QED) is 0.756. The Kier molecular flexibility index (Phi) is 5.25. The van der Waals surface area contributed by atoms with E-state index >= 15 is 0 Å². The Bertz CT molecular complexity index is 877. The van der Waals surface area contributed by atoms with Gasteiger partial charge in [-0.15, -0.1) is 0 Å². The van der Waals surface area contributed by atoms with Crippen LogP contribution in [0.25, 0.3) is 5.57 Å². The second-order valence-electron chi connectivity index (χ2n) is 5.80. The van der Waals surface area contributed by atoms with Crippen LogP contribution in [-0.2, 0) is 11.0 Å². The molecular weight excluding hydrogens is 359 g/mol. The monoisotopic (exact) mass is 375 g/mol. The average Bonchev–Trinajstić information content (AvgIpc) is 2.68. The fraction of sp³-hybridized carbons (Fsp3) is 0.211. The molecule has 0 radical (unpaired) electrons. The van der Waals surface area contributed by atoms with Crippen molar-refractivity contribution in [2.24, 2.45) is 0 Å². The number of aromatic nitrogens is 2. The molecule has 2 aromatic heterocycles. The number of amides is 1. The first-order valence-electron chi connectivity index (χ1n) is 8.15. The maximum absolute atomic E-state index is 12.6. The Morgan fingerprint density at radius 1 is 1.26 bits per heavy atom. The number of halogens is 3.